The molecule has 0 atom stereocenters. The Hall–Kier alpha value is -1.50. The molecule has 0 radical (unpaired) electrons. The van der Waals surface area contributed by atoms with Crippen molar-refractivity contribution in [3.8, 4) is 11.3 Å². The average Bonchev–Trinajstić information content (AvgIpc) is 2.43. The average molecular weight is 385 g/mol. The molecule has 9 heteroatoms. The summed E-state index contributed by atoms with van der Waals surface area (Å²) in [5, 5.41) is 9.04. The number of carboxylic acids is 1. The van der Waals surface area contributed by atoms with Crippen LogP contribution in [0.5, 0.6) is 0 Å². The van der Waals surface area contributed by atoms with Crippen molar-refractivity contribution in [1.82, 2.24) is 4.98 Å². The SMILES string of the molecule is O=C(O)Cc1cc(-c2ccc(Cl)c(Cl)c2Cl)ncc1C(F)(F)F. The number of pyridine rings is 1. The molecule has 2 aromatic rings. The predicted octanol–water partition coefficient (Wildman–Crippen LogP) is 5.35. The van der Waals surface area contributed by atoms with Crippen molar-refractivity contribution in [2.24, 2.45) is 0 Å². The van der Waals surface area contributed by atoms with Gasteiger partial charge in [-0.25, -0.2) is 0 Å². The maximum Gasteiger partial charge on any atom is 0.418 e. The Morgan fingerprint density at radius 3 is 2.39 bits per heavy atom. The second-order valence-corrected chi connectivity index (χ2v) is 5.68. The molecule has 0 amide bonds. The second-order valence-electron chi connectivity index (χ2n) is 4.52. The first kappa shape index (κ1) is 17.8. The fraction of sp³-hybridized carbons (Fsp3) is 0.143. The van der Waals surface area contributed by atoms with Crippen LogP contribution in [0.25, 0.3) is 11.3 Å². The first-order valence-corrected chi connectivity index (χ1v) is 7.16. The van der Waals surface area contributed by atoms with E-state index in [4.69, 9.17) is 39.9 Å². The number of nitrogens with zero attached hydrogens (tertiary/aromatic N) is 1. The molecule has 1 heterocycles. The Morgan fingerprint density at radius 2 is 1.83 bits per heavy atom. The lowest BCUT2D eigenvalue weighted by molar-refractivity contribution is -0.139. The monoisotopic (exact) mass is 383 g/mol. The molecule has 0 bridgehead atoms. The standard InChI is InChI=1S/C14H7Cl3F3NO2/c15-9-2-1-7(12(16)13(9)17)10-3-6(4-11(22)23)8(5-21-10)14(18,19)20/h1-3,5H,4H2,(H,22,23). The molecule has 2 rings (SSSR count). The quantitative estimate of drug-likeness (QED) is 0.725. The second kappa shape index (κ2) is 6.55. The lowest BCUT2D eigenvalue weighted by Gasteiger charge is -2.13. The van der Waals surface area contributed by atoms with Gasteiger partial charge in [0, 0.05) is 11.8 Å². The van der Waals surface area contributed by atoms with Crippen LogP contribution in [-0.4, -0.2) is 16.1 Å². The van der Waals surface area contributed by atoms with E-state index in [1.165, 1.54) is 12.1 Å². The molecule has 1 N–H and O–H groups in total. The zero-order valence-electron chi connectivity index (χ0n) is 11.1. The molecule has 0 spiro atoms. The lowest BCUT2D eigenvalue weighted by Crippen LogP contribution is -2.13. The number of alkyl halides is 3. The van der Waals surface area contributed by atoms with Crippen molar-refractivity contribution in [2.75, 3.05) is 0 Å². The van der Waals surface area contributed by atoms with Gasteiger partial charge in [-0.1, -0.05) is 34.8 Å². The first-order chi connectivity index (χ1) is 10.6. The molecule has 122 valence electrons. The molecule has 1 aromatic heterocycles. The summed E-state index contributed by atoms with van der Waals surface area (Å²) in [6.07, 6.45) is -4.94. The summed E-state index contributed by atoms with van der Waals surface area (Å²) in [4.78, 5) is 14.5. The van der Waals surface area contributed by atoms with Gasteiger partial charge in [-0.2, -0.15) is 13.2 Å². The molecule has 3 nitrogen and oxygen atoms in total. The van der Waals surface area contributed by atoms with E-state index in [9.17, 15) is 18.0 Å². The maximum absolute atomic E-state index is 12.9. The molecule has 0 aliphatic rings. The largest absolute Gasteiger partial charge is 0.481 e. The zero-order chi connectivity index (χ0) is 17.4. The van der Waals surface area contributed by atoms with Crippen molar-refractivity contribution in [3.05, 3.63) is 50.6 Å². The summed E-state index contributed by atoms with van der Waals surface area (Å²) >= 11 is 17.7. The van der Waals surface area contributed by atoms with Crippen molar-refractivity contribution in [2.45, 2.75) is 12.6 Å². The Labute approximate surface area is 143 Å². The predicted molar refractivity (Wildman–Crippen MR) is 81.0 cm³/mol. The first-order valence-electron chi connectivity index (χ1n) is 6.03. The number of hydrogen-bond donors (Lipinski definition) is 1. The molecule has 0 fully saturated rings. The van der Waals surface area contributed by atoms with Crippen molar-refractivity contribution < 1.29 is 23.1 Å². The molecule has 0 unspecified atom stereocenters. The van der Waals surface area contributed by atoms with Crippen LogP contribution in [0.1, 0.15) is 11.1 Å². The van der Waals surface area contributed by atoms with E-state index in [1.807, 2.05) is 0 Å². The molecule has 0 saturated heterocycles. The van der Waals surface area contributed by atoms with Gasteiger partial charge in [0.15, 0.2) is 0 Å². The van der Waals surface area contributed by atoms with Crippen LogP contribution in [0.3, 0.4) is 0 Å². The Bertz CT molecular complexity index is 779. The van der Waals surface area contributed by atoms with Gasteiger partial charge in [0.25, 0.3) is 0 Å². The number of benzene rings is 1. The molecule has 0 saturated carbocycles. The number of hydrogen-bond acceptors (Lipinski definition) is 2. The molecular weight excluding hydrogens is 378 g/mol. The third kappa shape index (κ3) is 3.88. The van der Waals surface area contributed by atoms with Gasteiger partial charge >= 0.3 is 12.1 Å². The third-order valence-corrected chi connectivity index (χ3v) is 4.24. The van der Waals surface area contributed by atoms with Crippen LogP contribution in [-0.2, 0) is 17.4 Å². The highest BCUT2D eigenvalue weighted by molar-refractivity contribution is 6.49. The van der Waals surface area contributed by atoms with E-state index in [1.54, 1.807) is 0 Å². The molecule has 1 aromatic carbocycles. The van der Waals surface area contributed by atoms with Gasteiger partial charge in [-0.05, 0) is 23.8 Å². The van der Waals surface area contributed by atoms with E-state index >= 15 is 0 Å². The van der Waals surface area contributed by atoms with Crippen molar-refractivity contribution >= 4 is 40.8 Å². The van der Waals surface area contributed by atoms with E-state index in [0.29, 0.717) is 6.20 Å². The van der Waals surface area contributed by atoms with Gasteiger partial charge in [0.2, 0.25) is 0 Å². The van der Waals surface area contributed by atoms with Crippen LogP contribution >= 0.6 is 34.8 Å². The topological polar surface area (TPSA) is 50.2 Å². The van der Waals surface area contributed by atoms with Crippen LogP contribution in [0.15, 0.2) is 24.4 Å². The zero-order valence-corrected chi connectivity index (χ0v) is 13.4. The molecule has 0 aliphatic heterocycles. The number of carbonyl (C=O) groups is 1. The highest BCUT2D eigenvalue weighted by Crippen LogP contribution is 2.39. The summed E-state index contributed by atoms with van der Waals surface area (Å²) in [5.74, 6) is -1.40. The summed E-state index contributed by atoms with van der Waals surface area (Å²) in [7, 11) is 0. The Morgan fingerprint density at radius 1 is 1.17 bits per heavy atom. The van der Waals surface area contributed by atoms with Gasteiger partial charge in [-0.3, -0.25) is 9.78 Å². The number of halogens is 6. The minimum absolute atomic E-state index is 0.0210. The lowest BCUT2D eigenvalue weighted by atomic mass is 10.0. The van der Waals surface area contributed by atoms with Crippen LogP contribution in [0.2, 0.25) is 15.1 Å². The van der Waals surface area contributed by atoms with E-state index in [0.717, 1.165) is 6.07 Å². The number of carboxylic acid groups (broad SMARTS) is 1. The van der Waals surface area contributed by atoms with Gasteiger partial charge < -0.3 is 5.11 Å². The summed E-state index contributed by atoms with van der Waals surface area (Å²) in [6, 6.07) is 3.89. The molecule has 0 aliphatic carbocycles. The smallest absolute Gasteiger partial charge is 0.418 e. The van der Waals surface area contributed by atoms with E-state index < -0.39 is 29.7 Å². The van der Waals surface area contributed by atoms with Gasteiger partial charge in [0.1, 0.15) is 0 Å². The van der Waals surface area contributed by atoms with Gasteiger partial charge in [-0.15, -0.1) is 0 Å². The van der Waals surface area contributed by atoms with Crippen LogP contribution in [0, 0.1) is 0 Å². The number of aliphatic carboxylic acids is 1. The highest BCUT2D eigenvalue weighted by atomic mass is 35.5. The van der Waals surface area contributed by atoms with Crippen molar-refractivity contribution in [1.29, 1.82) is 0 Å². The highest BCUT2D eigenvalue weighted by Gasteiger charge is 2.34. The van der Waals surface area contributed by atoms with E-state index in [2.05, 4.69) is 4.98 Å². The summed E-state index contributed by atoms with van der Waals surface area (Å²) < 4.78 is 38.8. The third-order valence-electron chi connectivity index (χ3n) is 2.95. The normalized spacial score (nSPS) is 11.6. The minimum Gasteiger partial charge on any atom is -0.481 e. The van der Waals surface area contributed by atoms with Gasteiger partial charge in [0.05, 0.1) is 32.7 Å². The fourth-order valence-electron chi connectivity index (χ4n) is 1.93. The minimum atomic E-state index is -4.71. The number of rotatable bonds is 3. The fourth-order valence-corrected chi connectivity index (χ4v) is 2.56. The molecule has 23 heavy (non-hydrogen) atoms. The van der Waals surface area contributed by atoms with Crippen LogP contribution < -0.4 is 0 Å². The van der Waals surface area contributed by atoms with Crippen LogP contribution in [0.4, 0.5) is 13.2 Å². The van der Waals surface area contributed by atoms with Crippen molar-refractivity contribution in [3.63, 3.8) is 0 Å². The molecular formula is C14H7Cl3F3NO2. The number of aromatic nitrogens is 1. The Kier molecular flexibility index (Phi) is 5.08. The maximum atomic E-state index is 12.9. The summed E-state index contributed by atoms with van der Waals surface area (Å²) in [5.41, 5.74) is -1.21. The van der Waals surface area contributed by atoms with E-state index in [-0.39, 0.29) is 26.3 Å². The Balaban J connectivity index is 2.62. The summed E-state index contributed by atoms with van der Waals surface area (Å²) in [6.45, 7) is 0.